The molecule has 0 saturated heterocycles. The highest BCUT2D eigenvalue weighted by molar-refractivity contribution is 7.07. The molecule has 1 aromatic rings. The number of aryl methyl sites for hydroxylation is 1. The number of nitrogens with two attached hydrogens (primary N) is 1. The van der Waals surface area contributed by atoms with Crippen LogP contribution in [-0.2, 0) is 6.42 Å². The van der Waals surface area contributed by atoms with Crippen LogP contribution in [0, 0.1) is 5.41 Å². The Balaban J connectivity index is 1.90. The largest absolute Gasteiger partial charge is 0.271 e. The van der Waals surface area contributed by atoms with Gasteiger partial charge in [0.15, 0.2) is 0 Å². The van der Waals surface area contributed by atoms with Crippen molar-refractivity contribution in [3.8, 4) is 0 Å². The number of hydrogen-bond donors (Lipinski definition) is 2. The maximum atomic E-state index is 5.73. The van der Waals surface area contributed by atoms with E-state index < -0.39 is 0 Å². The van der Waals surface area contributed by atoms with Gasteiger partial charge in [0.05, 0.1) is 0 Å². The molecular formula is C13H22N2S. The van der Waals surface area contributed by atoms with Gasteiger partial charge in [-0.3, -0.25) is 11.3 Å². The third-order valence-corrected chi connectivity index (χ3v) is 4.82. The summed E-state index contributed by atoms with van der Waals surface area (Å²) in [4.78, 5) is 0. The normalized spacial score (nSPS) is 21.1. The summed E-state index contributed by atoms with van der Waals surface area (Å²) >= 11 is 1.78. The van der Waals surface area contributed by atoms with Gasteiger partial charge in [0.1, 0.15) is 0 Å². The molecule has 1 aliphatic rings. The van der Waals surface area contributed by atoms with Crippen molar-refractivity contribution in [1.29, 1.82) is 0 Å². The van der Waals surface area contributed by atoms with Crippen LogP contribution in [0.5, 0.6) is 0 Å². The van der Waals surface area contributed by atoms with Crippen molar-refractivity contribution in [1.82, 2.24) is 5.43 Å². The molecule has 1 saturated carbocycles. The summed E-state index contributed by atoms with van der Waals surface area (Å²) in [6.45, 7) is 2.39. The van der Waals surface area contributed by atoms with Gasteiger partial charge in [0.25, 0.3) is 0 Å². The van der Waals surface area contributed by atoms with Crippen LogP contribution >= 0.6 is 11.3 Å². The van der Waals surface area contributed by atoms with Crippen LogP contribution in [0.2, 0.25) is 0 Å². The van der Waals surface area contributed by atoms with Crippen molar-refractivity contribution in [3.63, 3.8) is 0 Å². The molecule has 3 N–H and O–H groups in total. The first kappa shape index (κ1) is 12.1. The van der Waals surface area contributed by atoms with Gasteiger partial charge in [-0.15, -0.1) is 0 Å². The SMILES string of the molecule is CC1(C(CCc2ccsc2)NN)CCCC1. The summed E-state index contributed by atoms with van der Waals surface area (Å²) in [5.41, 5.74) is 4.92. The Morgan fingerprint density at radius 1 is 1.50 bits per heavy atom. The molecule has 1 unspecified atom stereocenters. The minimum atomic E-state index is 0.421. The monoisotopic (exact) mass is 238 g/mol. The average Bonchev–Trinajstić information content (AvgIpc) is 2.91. The Hall–Kier alpha value is -0.380. The van der Waals surface area contributed by atoms with E-state index in [9.17, 15) is 0 Å². The predicted octanol–water partition coefficient (Wildman–Crippen LogP) is 3.09. The molecule has 2 rings (SSSR count). The lowest BCUT2D eigenvalue weighted by Crippen LogP contribution is -2.46. The molecule has 1 aliphatic carbocycles. The van der Waals surface area contributed by atoms with Crippen LogP contribution in [0.15, 0.2) is 16.8 Å². The summed E-state index contributed by atoms with van der Waals surface area (Å²) in [6.07, 6.45) is 7.69. The van der Waals surface area contributed by atoms with Gasteiger partial charge in [-0.1, -0.05) is 19.8 Å². The predicted molar refractivity (Wildman–Crippen MR) is 70.3 cm³/mol. The van der Waals surface area contributed by atoms with Crippen molar-refractivity contribution in [3.05, 3.63) is 22.4 Å². The first-order valence-electron chi connectivity index (χ1n) is 6.22. The lowest BCUT2D eigenvalue weighted by Gasteiger charge is -2.33. The lowest BCUT2D eigenvalue weighted by atomic mass is 9.78. The van der Waals surface area contributed by atoms with E-state index in [0.29, 0.717) is 11.5 Å². The molecule has 0 bridgehead atoms. The molecule has 90 valence electrons. The maximum Gasteiger partial charge on any atom is 0.0267 e. The Bertz CT molecular complexity index is 302. The molecular weight excluding hydrogens is 216 g/mol. The number of rotatable bonds is 5. The Kier molecular flexibility index (Phi) is 4.00. The van der Waals surface area contributed by atoms with E-state index in [4.69, 9.17) is 5.84 Å². The van der Waals surface area contributed by atoms with E-state index in [-0.39, 0.29) is 0 Å². The topological polar surface area (TPSA) is 38.0 Å². The van der Waals surface area contributed by atoms with Gasteiger partial charge in [0, 0.05) is 6.04 Å². The van der Waals surface area contributed by atoms with Gasteiger partial charge in [0.2, 0.25) is 0 Å². The van der Waals surface area contributed by atoms with Crippen LogP contribution in [0.25, 0.3) is 0 Å². The second kappa shape index (κ2) is 5.30. The van der Waals surface area contributed by atoms with Crippen LogP contribution in [0.1, 0.15) is 44.6 Å². The zero-order chi connectivity index (χ0) is 11.4. The number of hydrogen-bond acceptors (Lipinski definition) is 3. The fraction of sp³-hybridized carbons (Fsp3) is 0.692. The van der Waals surface area contributed by atoms with Crippen LogP contribution in [-0.4, -0.2) is 6.04 Å². The molecule has 0 aromatic carbocycles. The molecule has 1 atom stereocenters. The Labute approximate surface area is 102 Å². The molecule has 0 spiro atoms. The smallest absolute Gasteiger partial charge is 0.0267 e. The van der Waals surface area contributed by atoms with Gasteiger partial charge in [-0.2, -0.15) is 11.3 Å². The Morgan fingerprint density at radius 3 is 2.81 bits per heavy atom. The van der Waals surface area contributed by atoms with E-state index >= 15 is 0 Å². The van der Waals surface area contributed by atoms with E-state index in [1.165, 1.54) is 31.2 Å². The van der Waals surface area contributed by atoms with Crippen molar-refractivity contribution in [2.24, 2.45) is 11.3 Å². The van der Waals surface area contributed by atoms with E-state index in [0.717, 1.165) is 12.8 Å². The molecule has 16 heavy (non-hydrogen) atoms. The van der Waals surface area contributed by atoms with Crippen LogP contribution in [0.4, 0.5) is 0 Å². The summed E-state index contributed by atoms with van der Waals surface area (Å²) in [5, 5.41) is 4.39. The van der Waals surface area contributed by atoms with Gasteiger partial charge in [-0.25, -0.2) is 0 Å². The van der Waals surface area contributed by atoms with Gasteiger partial charge >= 0.3 is 0 Å². The average molecular weight is 238 g/mol. The van der Waals surface area contributed by atoms with Crippen LogP contribution in [0.3, 0.4) is 0 Å². The molecule has 1 fully saturated rings. The minimum Gasteiger partial charge on any atom is -0.271 e. The van der Waals surface area contributed by atoms with Crippen molar-refractivity contribution in [2.45, 2.75) is 51.5 Å². The van der Waals surface area contributed by atoms with Crippen molar-refractivity contribution >= 4 is 11.3 Å². The quantitative estimate of drug-likeness (QED) is 0.611. The highest BCUT2D eigenvalue weighted by Crippen LogP contribution is 2.41. The van der Waals surface area contributed by atoms with Crippen molar-refractivity contribution < 1.29 is 0 Å². The second-order valence-electron chi connectivity index (χ2n) is 5.25. The van der Waals surface area contributed by atoms with Gasteiger partial charge < -0.3 is 0 Å². The zero-order valence-corrected chi connectivity index (χ0v) is 10.9. The summed E-state index contributed by atoms with van der Waals surface area (Å²) in [6, 6.07) is 2.68. The minimum absolute atomic E-state index is 0.421. The van der Waals surface area contributed by atoms with Crippen LogP contribution < -0.4 is 11.3 Å². The lowest BCUT2D eigenvalue weighted by molar-refractivity contribution is 0.211. The summed E-state index contributed by atoms with van der Waals surface area (Å²) < 4.78 is 0. The molecule has 2 nitrogen and oxygen atoms in total. The third kappa shape index (κ3) is 2.65. The first-order valence-corrected chi connectivity index (χ1v) is 7.16. The fourth-order valence-corrected chi connectivity index (χ4v) is 3.61. The zero-order valence-electron chi connectivity index (χ0n) is 10.0. The maximum absolute atomic E-state index is 5.73. The molecule has 3 heteroatoms. The summed E-state index contributed by atoms with van der Waals surface area (Å²) in [5.74, 6) is 5.73. The van der Waals surface area contributed by atoms with E-state index in [1.54, 1.807) is 11.3 Å². The highest BCUT2D eigenvalue weighted by Gasteiger charge is 2.35. The van der Waals surface area contributed by atoms with Gasteiger partial charge in [-0.05, 0) is 53.5 Å². The molecule has 1 aromatic heterocycles. The fourth-order valence-electron chi connectivity index (χ4n) is 2.91. The molecule has 0 radical (unpaired) electrons. The third-order valence-electron chi connectivity index (χ3n) is 4.09. The van der Waals surface area contributed by atoms with Crippen molar-refractivity contribution in [2.75, 3.05) is 0 Å². The van der Waals surface area contributed by atoms with E-state index in [2.05, 4.69) is 29.2 Å². The van der Waals surface area contributed by atoms with E-state index in [1.807, 2.05) is 0 Å². The number of hydrazine groups is 1. The Morgan fingerprint density at radius 2 is 2.25 bits per heavy atom. The molecule has 1 heterocycles. The molecule has 0 amide bonds. The highest BCUT2D eigenvalue weighted by atomic mass is 32.1. The molecule has 0 aliphatic heterocycles. The number of thiophene rings is 1. The second-order valence-corrected chi connectivity index (χ2v) is 6.03. The standard InChI is InChI=1S/C13H22N2S/c1-13(7-2-3-8-13)12(15-14)5-4-11-6-9-16-10-11/h6,9-10,12,15H,2-5,7-8,14H2,1H3. The number of nitrogens with one attached hydrogen (secondary N) is 1. The summed E-state index contributed by atoms with van der Waals surface area (Å²) in [7, 11) is 0. The first-order chi connectivity index (χ1) is 7.74.